The lowest BCUT2D eigenvalue weighted by atomic mass is 10.1. The molecule has 0 bridgehead atoms. The SMILES string of the molecule is C/C=C/COc1cc(C)c(OCc2csc(/C(C)=N\OC)n2)c(C)c1.CC. The van der Waals surface area contributed by atoms with Crippen LogP contribution in [0.25, 0.3) is 0 Å². The van der Waals surface area contributed by atoms with E-state index in [-0.39, 0.29) is 0 Å². The van der Waals surface area contributed by atoms with Crippen LogP contribution in [0, 0.1) is 13.8 Å². The summed E-state index contributed by atoms with van der Waals surface area (Å²) in [5, 5.41) is 6.71. The molecule has 1 aromatic carbocycles. The quantitative estimate of drug-likeness (QED) is 0.330. The number of nitrogens with zero attached hydrogens (tertiary/aromatic N) is 2. The highest BCUT2D eigenvalue weighted by Crippen LogP contribution is 2.29. The highest BCUT2D eigenvalue weighted by Gasteiger charge is 2.10. The first kappa shape index (κ1) is 22.7. The summed E-state index contributed by atoms with van der Waals surface area (Å²) < 4.78 is 11.7. The van der Waals surface area contributed by atoms with Crippen molar-refractivity contribution >= 4 is 17.0 Å². The summed E-state index contributed by atoms with van der Waals surface area (Å²) in [5.74, 6) is 1.72. The van der Waals surface area contributed by atoms with Crippen LogP contribution in [0.2, 0.25) is 0 Å². The van der Waals surface area contributed by atoms with Crippen molar-refractivity contribution in [1.82, 2.24) is 4.98 Å². The molecule has 0 spiro atoms. The van der Waals surface area contributed by atoms with Crippen molar-refractivity contribution in [2.24, 2.45) is 5.16 Å². The molecular weight excluding hydrogens is 360 g/mol. The predicted octanol–water partition coefficient (Wildman–Crippen LogP) is 5.69. The molecule has 0 radical (unpaired) electrons. The molecule has 2 aromatic rings. The number of oxime groups is 1. The van der Waals surface area contributed by atoms with Crippen molar-refractivity contribution in [2.45, 2.75) is 48.1 Å². The first-order chi connectivity index (χ1) is 13.0. The van der Waals surface area contributed by atoms with Gasteiger partial charge in [0.15, 0.2) is 0 Å². The van der Waals surface area contributed by atoms with Crippen LogP contribution < -0.4 is 9.47 Å². The Kier molecular flexibility index (Phi) is 10.2. The number of aromatic nitrogens is 1. The van der Waals surface area contributed by atoms with Gasteiger partial charge in [-0.25, -0.2) is 4.98 Å². The van der Waals surface area contributed by atoms with E-state index in [4.69, 9.17) is 14.3 Å². The number of hydrogen-bond donors (Lipinski definition) is 0. The summed E-state index contributed by atoms with van der Waals surface area (Å²) in [4.78, 5) is 9.30. The number of rotatable bonds is 8. The fraction of sp³-hybridized carbons (Fsp3) is 0.429. The summed E-state index contributed by atoms with van der Waals surface area (Å²) >= 11 is 1.53. The molecule has 1 heterocycles. The van der Waals surface area contributed by atoms with E-state index in [0.717, 1.165) is 39.0 Å². The zero-order valence-electron chi connectivity index (χ0n) is 17.3. The third-order valence-electron chi connectivity index (χ3n) is 3.47. The molecule has 0 aliphatic heterocycles. The molecule has 0 unspecified atom stereocenters. The van der Waals surface area contributed by atoms with Gasteiger partial charge in [0.05, 0.1) is 5.69 Å². The van der Waals surface area contributed by atoms with E-state index in [9.17, 15) is 0 Å². The molecule has 0 saturated heterocycles. The Morgan fingerprint density at radius 1 is 1.19 bits per heavy atom. The molecule has 0 N–H and O–H groups in total. The lowest BCUT2D eigenvalue weighted by Gasteiger charge is -2.13. The summed E-state index contributed by atoms with van der Waals surface area (Å²) in [6.07, 6.45) is 3.95. The molecule has 0 fully saturated rings. The van der Waals surface area contributed by atoms with E-state index in [1.807, 2.05) is 71.2 Å². The Bertz CT molecular complexity index is 744. The van der Waals surface area contributed by atoms with Gasteiger partial charge in [-0.15, -0.1) is 11.3 Å². The zero-order chi connectivity index (χ0) is 20.2. The number of ether oxygens (including phenoxy) is 2. The Balaban J connectivity index is 0.00000176. The first-order valence-corrected chi connectivity index (χ1v) is 9.93. The summed E-state index contributed by atoms with van der Waals surface area (Å²) in [6.45, 7) is 12.9. The number of aryl methyl sites for hydroxylation is 2. The van der Waals surface area contributed by atoms with Gasteiger partial charge in [0, 0.05) is 5.38 Å². The molecule has 0 amide bonds. The highest BCUT2D eigenvalue weighted by molar-refractivity contribution is 7.11. The van der Waals surface area contributed by atoms with E-state index in [1.54, 1.807) is 0 Å². The average Bonchev–Trinajstić information content (AvgIpc) is 3.12. The van der Waals surface area contributed by atoms with Crippen LogP contribution in [-0.2, 0) is 11.4 Å². The van der Waals surface area contributed by atoms with Crippen LogP contribution in [0.15, 0.2) is 34.8 Å². The van der Waals surface area contributed by atoms with Crippen LogP contribution in [-0.4, -0.2) is 24.4 Å². The van der Waals surface area contributed by atoms with E-state index < -0.39 is 0 Å². The minimum Gasteiger partial charge on any atom is -0.490 e. The summed E-state index contributed by atoms with van der Waals surface area (Å²) in [7, 11) is 1.53. The largest absolute Gasteiger partial charge is 0.490 e. The molecule has 27 heavy (non-hydrogen) atoms. The van der Waals surface area contributed by atoms with Crippen molar-refractivity contribution in [2.75, 3.05) is 13.7 Å². The fourth-order valence-corrected chi connectivity index (χ4v) is 3.07. The van der Waals surface area contributed by atoms with Crippen molar-refractivity contribution in [3.63, 3.8) is 0 Å². The molecule has 5 nitrogen and oxygen atoms in total. The number of thiazole rings is 1. The molecular formula is C21H30N2O3S. The van der Waals surface area contributed by atoms with Gasteiger partial charge in [0.1, 0.15) is 42.5 Å². The molecule has 0 saturated carbocycles. The van der Waals surface area contributed by atoms with Gasteiger partial charge < -0.3 is 14.3 Å². The highest BCUT2D eigenvalue weighted by atomic mass is 32.1. The van der Waals surface area contributed by atoms with Crippen LogP contribution in [0.4, 0.5) is 0 Å². The summed E-state index contributed by atoms with van der Waals surface area (Å²) in [5.41, 5.74) is 3.72. The van der Waals surface area contributed by atoms with Gasteiger partial charge >= 0.3 is 0 Å². The topological polar surface area (TPSA) is 52.9 Å². The van der Waals surface area contributed by atoms with Crippen LogP contribution in [0.1, 0.15) is 49.5 Å². The standard InChI is InChI=1S/C19H24N2O3S.C2H6/c1-6-7-8-23-17-9-13(2)18(14(3)10-17)24-11-16-12-25-19(20-16)15(4)21-22-5;1-2/h6-7,9-10,12H,8,11H2,1-5H3;1-2H3/b7-6+,21-15-;. The monoisotopic (exact) mass is 390 g/mol. The maximum absolute atomic E-state index is 5.99. The molecule has 0 aliphatic carbocycles. The second-order valence-corrected chi connectivity index (χ2v) is 6.42. The fourth-order valence-electron chi connectivity index (χ4n) is 2.32. The van der Waals surface area contributed by atoms with E-state index in [0.29, 0.717) is 13.2 Å². The van der Waals surface area contributed by atoms with Crippen LogP contribution >= 0.6 is 11.3 Å². The van der Waals surface area contributed by atoms with E-state index >= 15 is 0 Å². The maximum atomic E-state index is 5.99. The minimum atomic E-state index is 0.414. The Morgan fingerprint density at radius 2 is 1.85 bits per heavy atom. The second kappa shape index (κ2) is 12.1. The van der Waals surface area contributed by atoms with E-state index in [2.05, 4.69) is 10.1 Å². The second-order valence-electron chi connectivity index (χ2n) is 5.56. The minimum absolute atomic E-state index is 0.414. The van der Waals surface area contributed by atoms with Crippen molar-refractivity contribution in [1.29, 1.82) is 0 Å². The van der Waals surface area contributed by atoms with Gasteiger partial charge in [-0.1, -0.05) is 31.2 Å². The molecule has 1 aromatic heterocycles. The van der Waals surface area contributed by atoms with Gasteiger partial charge in [-0.3, -0.25) is 0 Å². The third-order valence-corrected chi connectivity index (χ3v) is 4.47. The van der Waals surface area contributed by atoms with Crippen molar-refractivity contribution in [3.05, 3.63) is 51.5 Å². The smallest absolute Gasteiger partial charge is 0.141 e. The molecule has 148 valence electrons. The van der Waals surface area contributed by atoms with Crippen molar-refractivity contribution in [3.8, 4) is 11.5 Å². The molecule has 6 heteroatoms. The number of benzene rings is 1. The van der Waals surface area contributed by atoms with Crippen LogP contribution in [0.5, 0.6) is 11.5 Å². The zero-order valence-corrected chi connectivity index (χ0v) is 18.1. The average molecular weight is 391 g/mol. The number of hydrogen-bond acceptors (Lipinski definition) is 6. The van der Waals surface area contributed by atoms with Gasteiger partial charge in [-0.2, -0.15) is 0 Å². The van der Waals surface area contributed by atoms with Gasteiger partial charge in [0.2, 0.25) is 0 Å². The van der Waals surface area contributed by atoms with Crippen LogP contribution in [0.3, 0.4) is 0 Å². The Morgan fingerprint density at radius 3 is 2.44 bits per heavy atom. The third kappa shape index (κ3) is 7.06. The lowest BCUT2D eigenvalue weighted by molar-refractivity contribution is 0.213. The number of allylic oxidation sites excluding steroid dienone is 1. The normalized spacial score (nSPS) is 11.1. The molecule has 0 aliphatic rings. The summed E-state index contributed by atoms with van der Waals surface area (Å²) in [6, 6.07) is 3.99. The lowest BCUT2D eigenvalue weighted by Crippen LogP contribution is -2.02. The van der Waals surface area contributed by atoms with Gasteiger partial charge in [0.25, 0.3) is 0 Å². The molecule has 0 atom stereocenters. The predicted molar refractivity (Wildman–Crippen MR) is 113 cm³/mol. The maximum Gasteiger partial charge on any atom is 0.141 e. The Hall–Kier alpha value is -2.34. The van der Waals surface area contributed by atoms with Gasteiger partial charge in [-0.05, 0) is 51.0 Å². The first-order valence-electron chi connectivity index (χ1n) is 9.05. The van der Waals surface area contributed by atoms with E-state index in [1.165, 1.54) is 18.4 Å². The molecule has 2 rings (SSSR count). The van der Waals surface area contributed by atoms with Crippen molar-refractivity contribution < 1.29 is 14.3 Å². The Labute approximate surface area is 166 Å².